The Morgan fingerprint density at radius 1 is 1.45 bits per heavy atom. The number of carboxylic acid groups (broad SMARTS) is 1. The number of benzene rings is 1. The van der Waals surface area contributed by atoms with Crippen LogP contribution in [0.15, 0.2) is 24.3 Å². The molecule has 1 fully saturated rings. The summed E-state index contributed by atoms with van der Waals surface area (Å²) in [6.45, 7) is 6.45. The second-order valence-electron chi connectivity index (χ2n) is 6.72. The van der Waals surface area contributed by atoms with Crippen molar-refractivity contribution in [2.45, 2.75) is 57.1 Å². The highest BCUT2D eigenvalue weighted by molar-refractivity contribution is 5.79. The first-order chi connectivity index (χ1) is 9.21. The Hall–Kier alpha value is -1.55. The fourth-order valence-corrected chi connectivity index (χ4v) is 2.55. The van der Waals surface area contributed by atoms with Gasteiger partial charge in [-0.3, -0.25) is 4.79 Å². The summed E-state index contributed by atoms with van der Waals surface area (Å²) in [6.07, 6.45) is 1.39. The van der Waals surface area contributed by atoms with Crippen LogP contribution in [0.4, 0.5) is 0 Å². The van der Waals surface area contributed by atoms with E-state index in [2.05, 4.69) is 26.8 Å². The lowest BCUT2D eigenvalue weighted by Crippen LogP contribution is -2.46. The molecule has 0 aromatic heterocycles. The van der Waals surface area contributed by atoms with Crippen molar-refractivity contribution >= 4 is 5.97 Å². The maximum Gasteiger partial charge on any atom is 0.323 e. The molecule has 2 rings (SSSR count). The summed E-state index contributed by atoms with van der Waals surface area (Å²) in [5.41, 5.74) is 6.00. The predicted octanol–water partition coefficient (Wildman–Crippen LogP) is 2.70. The second kappa shape index (κ2) is 5.09. The molecule has 0 bridgehead atoms. The third-order valence-electron chi connectivity index (χ3n) is 3.93. The van der Waals surface area contributed by atoms with Gasteiger partial charge in [0.15, 0.2) is 0 Å². The average molecular weight is 277 g/mol. The molecule has 20 heavy (non-hydrogen) atoms. The van der Waals surface area contributed by atoms with Gasteiger partial charge in [-0.25, -0.2) is 0 Å². The molecule has 2 unspecified atom stereocenters. The number of hydrogen-bond acceptors (Lipinski definition) is 3. The highest BCUT2D eigenvalue weighted by Crippen LogP contribution is 2.32. The van der Waals surface area contributed by atoms with Crippen LogP contribution in [-0.2, 0) is 10.2 Å². The van der Waals surface area contributed by atoms with Crippen LogP contribution in [0.3, 0.4) is 0 Å². The Bertz CT molecular complexity index is 507. The summed E-state index contributed by atoms with van der Waals surface area (Å²) in [6, 6.07) is 7.98. The van der Waals surface area contributed by atoms with Gasteiger partial charge >= 0.3 is 5.97 Å². The molecule has 110 valence electrons. The Morgan fingerprint density at radius 2 is 2.15 bits per heavy atom. The van der Waals surface area contributed by atoms with Crippen molar-refractivity contribution in [3.8, 4) is 5.75 Å². The highest BCUT2D eigenvalue weighted by Gasteiger charge is 2.43. The summed E-state index contributed by atoms with van der Waals surface area (Å²) in [5, 5.41) is 9.13. The first-order valence-electron chi connectivity index (χ1n) is 7.00. The third kappa shape index (κ3) is 3.12. The fraction of sp³-hybridized carbons (Fsp3) is 0.562. The zero-order valence-corrected chi connectivity index (χ0v) is 12.3. The third-order valence-corrected chi connectivity index (χ3v) is 3.93. The molecule has 0 aliphatic heterocycles. The van der Waals surface area contributed by atoms with Gasteiger partial charge in [0.25, 0.3) is 0 Å². The normalized spacial score (nSPS) is 26.5. The molecular formula is C16H23NO3. The Labute approximate surface area is 119 Å². The van der Waals surface area contributed by atoms with Crippen molar-refractivity contribution in [2.24, 2.45) is 5.73 Å². The maximum absolute atomic E-state index is 11.1. The van der Waals surface area contributed by atoms with Crippen LogP contribution in [0.1, 0.15) is 45.6 Å². The SMILES string of the molecule is CC(C)(C)c1cccc(OC2CCC(N)(C(=O)O)C2)c1. The number of ether oxygens (including phenoxy) is 1. The van der Waals surface area contributed by atoms with E-state index in [1.807, 2.05) is 18.2 Å². The molecule has 3 N–H and O–H groups in total. The van der Waals surface area contributed by atoms with Gasteiger partial charge < -0.3 is 15.6 Å². The Balaban J connectivity index is 2.07. The molecule has 2 atom stereocenters. The molecule has 1 aliphatic carbocycles. The Kier molecular flexibility index (Phi) is 3.78. The van der Waals surface area contributed by atoms with Crippen molar-refractivity contribution < 1.29 is 14.6 Å². The first kappa shape index (κ1) is 14.9. The van der Waals surface area contributed by atoms with E-state index in [0.717, 1.165) is 5.75 Å². The van der Waals surface area contributed by atoms with Gasteiger partial charge in [-0.15, -0.1) is 0 Å². The lowest BCUT2D eigenvalue weighted by atomic mass is 9.87. The molecule has 0 amide bonds. The molecule has 4 heteroatoms. The molecule has 0 spiro atoms. The minimum Gasteiger partial charge on any atom is -0.490 e. The van der Waals surface area contributed by atoms with Crippen molar-refractivity contribution in [3.63, 3.8) is 0 Å². The van der Waals surface area contributed by atoms with Gasteiger partial charge in [0.2, 0.25) is 0 Å². The largest absolute Gasteiger partial charge is 0.490 e. The highest BCUT2D eigenvalue weighted by atomic mass is 16.5. The van der Waals surface area contributed by atoms with Gasteiger partial charge in [-0.05, 0) is 36.0 Å². The molecular weight excluding hydrogens is 254 g/mol. The fourth-order valence-electron chi connectivity index (χ4n) is 2.55. The van der Waals surface area contributed by atoms with Crippen molar-refractivity contribution in [3.05, 3.63) is 29.8 Å². The zero-order valence-electron chi connectivity index (χ0n) is 12.3. The molecule has 0 radical (unpaired) electrons. The minimum absolute atomic E-state index is 0.0632. The van der Waals surface area contributed by atoms with Crippen LogP contribution >= 0.6 is 0 Å². The van der Waals surface area contributed by atoms with Crippen LogP contribution < -0.4 is 10.5 Å². The number of aliphatic carboxylic acids is 1. The van der Waals surface area contributed by atoms with E-state index < -0.39 is 11.5 Å². The van der Waals surface area contributed by atoms with Crippen LogP contribution in [0.5, 0.6) is 5.75 Å². The van der Waals surface area contributed by atoms with E-state index in [0.29, 0.717) is 19.3 Å². The summed E-state index contributed by atoms with van der Waals surface area (Å²) in [7, 11) is 0. The van der Waals surface area contributed by atoms with E-state index in [4.69, 9.17) is 15.6 Å². The van der Waals surface area contributed by atoms with E-state index >= 15 is 0 Å². The monoisotopic (exact) mass is 277 g/mol. The standard InChI is InChI=1S/C16H23NO3/c1-15(2,3)11-5-4-6-12(9-11)20-13-7-8-16(17,10-13)14(18)19/h4-6,9,13H,7-8,10,17H2,1-3H3,(H,18,19). The average Bonchev–Trinajstić information content (AvgIpc) is 2.72. The van der Waals surface area contributed by atoms with Crippen LogP contribution in [-0.4, -0.2) is 22.7 Å². The van der Waals surface area contributed by atoms with E-state index in [9.17, 15) is 4.79 Å². The van der Waals surface area contributed by atoms with Gasteiger partial charge in [0.1, 0.15) is 17.4 Å². The summed E-state index contributed by atoms with van der Waals surface area (Å²) in [5.74, 6) is -0.149. The lowest BCUT2D eigenvalue weighted by molar-refractivity contribution is -0.143. The molecule has 1 saturated carbocycles. The molecule has 0 heterocycles. The van der Waals surface area contributed by atoms with Crippen molar-refractivity contribution in [1.82, 2.24) is 0 Å². The number of carbonyl (C=O) groups is 1. The molecule has 1 aliphatic rings. The number of carboxylic acids is 1. The number of nitrogens with two attached hydrogens (primary N) is 1. The van der Waals surface area contributed by atoms with Crippen LogP contribution in [0, 0.1) is 0 Å². The Morgan fingerprint density at radius 3 is 2.70 bits per heavy atom. The van der Waals surface area contributed by atoms with E-state index in [1.54, 1.807) is 0 Å². The predicted molar refractivity (Wildman–Crippen MR) is 78.0 cm³/mol. The molecule has 0 saturated heterocycles. The molecule has 1 aromatic carbocycles. The van der Waals surface area contributed by atoms with E-state index in [1.165, 1.54) is 5.56 Å². The minimum atomic E-state index is -1.13. The van der Waals surface area contributed by atoms with Crippen LogP contribution in [0.2, 0.25) is 0 Å². The zero-order chi connectivity index (χ0) is 15.0. The van der Waals surface area contributed by atoms with E-state index in [-0.39, 0.29) is 11.5 Å². The van der Waals surface area contributed by atoms with Crippen molar-refractivity contribution in [2.75, 3.05) is 0 Å². The van der Waals surface area contributed by atoms with Crippen LogP contribution in [0.25, 0.3) is 0 Å². The number of hydrogen-bond donors (Lipinski definition) is 2. The quantitative estimate of drug-likeness (QED) is 0.891. The maximum atomic E-state index is 11.1. The van der Waals surface area contributed by atoms with Gasteiger partial charge in [0.05, 0.1) is 0 Å². The van der Waals surface area contributed by atoms with Crippen molar-refractivity contribution in [1.29, 1.82) is 0 Å². The first-order valence-corrected chi connectivity index (χ1v) is 7.00. The second-order valence-corrected chi connectivity index (χ2v) is 6.72. The van der Waals surface area contributed by atoms with Gasteiger partial charge in [-0.2, -0.15) is 0 Å². The summed E-state index contributed by atoms with van der Waals surface area (Å²) < 4.78 is 5.91. The lowest BCUT2D eigenvalue weighted by Gasteiger charge is -2.22. The molecule has 1 aromatic rings. The number of rotatable bonds is 3. The van der Waals surface area contributed by atoms with Gasteiger partial charge in [-0.1, -0.05) is 32.9 Å². The summed E-state index contributed by atoms with van der Waals surface area (Å²) >= 11 is 0. The van der Waals surface area contributed by atoms with Gasteiger partial charge in [0, 0.05) is 6.42 Å². The smallest absolute Gasteiger partial charge is 0.323 e. The topological polar surface area (TPSA) is 72.5 Å². The molecule has 4 nitrogen and oxygen atoms in total. The summed E-state index contributed by atoms with van der Waals surface area (Å²) in [4.78, 5) is 11.1.